The Balaban J connectivity index is 1.66. The first kappa shape index (κ1) is 22.5. The molecule has 0 saturated carbocycles. The van der Waals surface area contributed by atoms with Crippen LogP contribution < -0.4 is 10.1 Å². The topological polar surface area (TPSA) is 75.7 Å². The van der Waals surface area contributed by atoms with Gasteiger partial charge in [-0.25, -0.2) is 17.2 Å². The number of para-hydroxylation sites is 1. The number of sulfonamides is 1. The number of rotatable bonds is 6. The predicted octanol–water partition coefficient (Wildman–Crippen LogP) is 4.06. The zero-order valence-corrected chi connectivity index (χ0v) is 17.8. The van der Waals surface area contributed by atoms with Gasteiger partial charge in [0.05, 0.1) is 16.5 Å². The van der Waals surface area contributed by atoms with Crippen LogP contribution in [-0.4, -0.2) is 38.3 Å². The van der Waals surface area contributed by atoms with Crippen LogP contribution in [0, 0.1) is 17.6 Å². The summed E-state index contributed by atoms with van der Waals surface area (Å²) in [6.07, 6.45) is 0.456. The minimum Gasteiger partial charge on any atom is -0.492 e. The van der Waals surface area contributed by atoms with Gasteiger partial charge in [0.2, 0.25) is 15.9 Å². The van der Waals surface area contributed by atoms with E-state index in [4.69, 9.17) is 16.3 Å². The third-order valence-electron chi connectivity index (χ3n) is 4.88. The van der Waals surface area contributed by atoms with Gasteiger partial charge in [-0.1, -0.05) is 17.7 Å². The van der Waals surface area contributed by atoms with Gasteiger partial charge in [-0.05, 0) is 50.1 Å². The fraction of sp³-hybridized carbons (Fsp3) is 0.350. The molecule has 0 aromatic heterocycles. The molecule has 1 aliphatic heterocycles. The molecule has 0 unspecified atom stereocenters. The molecule has 1 aliphatic rings. The number of carbonyl (C=O) groups is 1. The lowest BCUT2D eigenvalue weighted by molar-refractivity contribution is -0.121. The molecule has 1 saturated heterocycles. The van der Waals surface area contributed by atoms with Gasteiger partial charge in [0, 0.05) is 19.0 Å². The summed E-state index contributed by atoms with van der Waals surface area (Å²) in [4.78, 5) is 12.4. The van der Waals surface area contributed by atoms with Gasteiger partial charge in [-0.15, -0.1) is 0 Å². The third-order valence-corrected chi connectivity index (χ3v) is 7.07. The van der Waals surface area contributed by atoms with Crippen molar-refractivity contribution in [3.63, 3.8) is 0 Å². The van der Waals surface area contributed by atoms with Gasteiger partial charge in [-0.3, -0.25) is 4.79 Å². The van der Waals surface area contributed by atoms with Gasteiger partial charge < -0.3 is 10.1 Å². The lowest BCUT2D eigenvalue weighted by Gasteiger charge is -2.30. The van der Waals surface area contributed by atoms with Gasteiger partial charge in [0.1, 0.15) is 23.1 Å². The van der Waals surface area contributed by atoms with Gasteiger partial charge >= 0.3 is 0 Å². The first-order chi connectivity index (χ1) is 14.2. The van der Waals surface area contributed by atoms with Crippen molar-refractivity contribution in [3.05, 3.63) is 53.1 Å². The van der Waals surface area contributed by atoms with Crippen LogP contribution >= 0.6 is 11.6 Å². The maximum Gasteiger partial charge on any atom is 0.243 e. The van der Waals surface area contributed by atoms with E-state index < -0.39 is 39.2 Å². The summed E-state index contributed by atoms with van der Waals surface area (Å²) in [5.41, 5.74) is -0.499. The van der Waals surface area contributed by atoms with Crippen LogP contribution in [0.3, 0.4) is 0 Å². The monoisotopic (exact) mass is 458 g/mol. The van der Waals surface area contributed by atoms with E-state index in [0.717, 1.165) is 12.1 Å². The van der Waals surface area contributed by atoms with Crippen molar-refractivity contribution < 1.29 is 26.7 Å². The number of hydrogen-bond acceptors (Lipinski definition) is 4. The number of anilines is 1. The molecule has 3 rings (SSSR count). The van der Waals surface area contributed by atoms with Crippen molar-refractivity contribution in [1.29, 1.82) is 0 Å². The van der Waals surface area contributed by atoms with E-state index in [0.29, 0.717) is 12.4 Å². The van der Waals surface area contributed by atoms with E-state index in [1.807, 2.05) is 0 Å². The van der Waals surface area contributed by atoms with Gasteiger partial charge in [0.25, 0.3) is 0 Å². The van der Waals surface area contributed by atoms with Gasteiger partial charge in [0.15, 0.2) is 0 Å². The second kappa shape index (κ2) is 9.28. The highest BCUT2D eigenvalue weighted by Gasteiger charge is 2.33. The molecule has 10 heteroatoms. The molecule has 1 N–H and O–H groups in total. The van der Waals surface area contributed by atoms with Crippen molar-refractivity contribution in [2.45, 2.75) is 24.7 Å². The molecule has 1 amide bonds. The average molecular weight is 459 g/mol. The average Bonchev–Trinajstić information content (AvgIpc) is 2.72. The van der Waals surface area contributed by atoms with Crippen molar-refractivity contribution in [2.75, 3.05) is 25.0 Å². The molecule has 2 aromatic carbocycles. The Labute approximate surface area is 178 Å². The number of halogens is 3. The molecule has 30 heavy (non-hydrogen) atoms. The minimum absolute atomic E-state index is 0.0345. The molecule has 0 spiro atoms. The summed E-state index contributed by atoms with van der Waals surface area (Å²) in [5.74, 6) is -2.43. The Morgan fingerprint density at radius 1 is 1.20 bits per heavy atom. The fourth-order valence-corrected chi connectivity index (χ4v) is 5.06. The van der Waals surface area contributed by atoms with Crippen LogP contribution in [0.25, 0.3) is 0 Å². The Kier molecular flexibility index (Phi) is 6.95. The van der Waals surface area contributed by atoms with Crippen molar-refractivity contribution in [1.82, 2.24) is 4.31 Å². The highest BCUT2D eigenvalue weighted by molar-refractivity contribution is 7.89. The maximum absolute atomic E-state index is 13.7. The van der Waals surface area contributed by atoms with Crippen LogP contribution in [0.4, 0.5) is 14.5 Å². The SMILES string of the molecule is CCOc1ccc(S(=O)(=O)N2CCC(C(=O)Nc3c(F)cccc3F)CC2)cc1Cl. The smallest absolute Gasteiger partial charge is 0.243 e. The minimum atomic E-state index is -3.80. The number of amides is 1. The summed E-state index contributed by atoms with van der Waals surface area (Å²) in [6.45, 7) is 2.40. The molecular weight excluding hydrogens is 438 g/mol. The number of ether oxygens (including phenoxy) is 1. The predicted molar refractivity (Wildman–Crippen MR) is 109 cm³/mol. The lowest BCUT2D eigenvalue weighted by atomic mass is 9.97. The summed E-state index contributed by atoms with van der Waals surface area (Å²) >= 11 is 6.10. The van der Waals surface area contributed by atoms with Crippen molar-refractivity contribution in [2.24, 2.45) is 5.92 Å². The molecule has 0 bridgehead atoms. The normalized spacial score (nSPS) is 15.7. The highest BCUT2D eigenvalue weighted by Crippen LogP contribution is 2.31. The summed E-state index contributed by atoms with van der Waals surface area (Å²) in [6, 6.07) is 7.57. The van der Waals surface area contributed by atoms with E-state index in [2.05, 4.69) is 5.32 Å². The first-order valence-electron chi connectivity index (χ1n) is 9.41. The number of benzene rings is 2. The van der Waals surface area contributed by atoms with E-state index in [1.165, 1.54) is 28.6 Å². The number of nitrogens with zero attached hydrogens (tertiary/aromatic N) is 1. The van der Waals surface area contributed by atoms with Crippen molar-refractivity contribution in [3.8, 4) is 5.75 Å². The Hall–Kier alpha value is -2.23. The molecule has 0 radical (unpaired) electrons. The van der Waals surface area contributed by atoms with Crippen LogP contribution in [0.1, 0.15) is 19.8 Å². The molecular formula is C20H21ClF2N2O4S. The number of piperidine rings is 1. The molecule has 1 heterocycles. The first-order valence-corrected chi connectivity index (χ1v) is 11.2. The van der Waals surface area contributed by atoms with Crippen LogP contribution in [0.15, 0.2) is 41.3 Å². The van der Waals surface area contributed by atoms with E-state index in [-0.39, 0.29) is 35.8 Å². The van der Waals surface area contributed by atoms with E-state index >= 15 is 0 Å². The molecule has 0 atom stereocenters. The zero-order valence-electron chi connectivity index (χ0n) is 16.2. The Morgan fingerprint density at radius 3 is 2.40 bits per heavy atom. The second-order valence-corrected chi connectivity index (χ2v) is 9.13. The number of hydrogen-bond donors (Lipinski definition) is 1. The summed E-state index contributed by atoms with van der Waals surface area (Å²) in [7, 11) is -3.80. The lowest BCUT2D eigenvalue weighted by Crippen LogP contribution is -2.41. The van der Waals surface area contributed by atoms with Crippen LogP contribution in [-0.2, 0) is 14.8 Å². The summed E-state index contributed by atoms with van der Waals surface area (Å²) < 4.78 is 59.8. The summed E-state index contributed by atoms with van der Waals surface area (Å²) in [5, 5.41) is 2.46. The van der Waals surface area contributed by atoms with E-state index in [1.54, 1.807) is 6.92 Å². The molecule has 6 nitrogen and oxygen atoms in total. The third kappa shape index (κ3) is 4.74. The molecule has 0 aliphatic carbocycles. The van der Waals surface area contributed by atoms with Crippen LogP contribution in [0.5, 0.6) is 5.75 Å². The molecule has 162 valence electrons. The molecule has 2 aromatic rings. The second-order valence-electron chi connectivity index (χ2n) is 6.79. The quantitative estimate of drug-likeness (QED) is 0.708. The largest absolute Gasteiger partial charge is 0.492 e. The Bertz CT molecular complexity index is 1020. The fourth-order valence-electron chi connectivity index (χ4n) is 3.26. The standard InChI is InChI=1S/C20H21ClF2N2O4S/c1-2-29-18-7-6-14(12-15(18)21)30(27,28)25-10-8-13(9-11-25)20(26)24-19-16(22)4-3-5-17(19)23/h3-7,12-13H,2,8-11H2,1H3,(H,24,26). The van der Waals surface area contributed by atoms with E-state index in [9.17, 15) is 22.0 Å². The van der Waals surface area contributed by atoms with Crippen LogP contribution in [0.2, 0.25) is 5.02 Å². The van der Waals surface area contributed by atoms with Crippen molar-refractivity contribution >= 4 is 33.2 Å². The number of nitrogens with one attached hydrogen (secondary N) is 1. The molecule has 1 fully saturated rings. The maximum atomic E-state index is 13.7. The number of carbonyl (C=O) groups excluding carboxylic acids is 1. The van der Waals surface area contributed by atoms with Gasteiger partial charge in [-0.2, -0.15) is 4.31 Å². The zero-order chi connectivity index (χ0) is 21.9. The Morgan fingerprint density at radius 2 is 1.83 bits per heavy atom. The highest BCUT2D eigenvalue weighted by atomic mass is 35.5.